The lowest BCUT2D eigenvalue weighted by Gasteiger charge is -2.19. The van der Waals surface area contributed by atoms with Crippen LogP contribution in [0.15, 0.2) is 12.4 Å². The number of nitrogens with one attached hydrogen (secondary N) is 1. The van der Waals surface area contributed by atoms with Gasteiger partial charge in [0.05, 0.1) is 11.9 Å². The number of hydrogen-bond acceptors (Lipinski definition) is 4. The van der Waals surface area contributed by atoms with Crippen LogP contribution in [0, 0.1) is 5.92 Å². The number of rotatable bonds is 3. The number of carbonyl (C=O) groups is 1. The molecule has 0 aliphatic carbocycles. The maximum atomic E-state index is 12.1. The second kappa shape index (κ2) is 7.09. The van der Waals surface area contributed by atoms with E-state index in [2.05, 4.69) is 24.3 Å². The molecule has 5 nitrogen and oxygen atoms in total. The van der Waals surface area contributed by atoms with Gasteiger partial charge < -0.3 is 10.2 Å². The Morgan fingerprint density at radius 2 is 2.11 bits per heavy atom. The highest BCUT2D eigenvalue weighted by atomic mass is 33.1. The van der Waals surface area contributed by atoms with Crippen molar-refractivity contribution in [3.05, 3.63) is 12.4 Å². The van der Waals surface area contributed by atoms with Gasteiger partial charge in [0.25, 0.3) is 0 Å². The Kier molecular flexibility index (Phi) is 5.45. The van der Waals surface area contributed by atoms with Gasteiger partial charge in [-0.05, 0) is 5.92 Å². The van der Waals surface area contributed by atoms with Crippen molar-refractivity contribution >= 4 is 33.3 Å². The van der Waals surface area contributed by atoms with Crippen LogP contribution in [-0.2, 0) is 6.54 Å². The molecule has 1 aliphatic heterocycles. The molecule has 1 aromatic rings. The Labute approximate surface area is 121 Å². The van der Waals surface area contributed by atoms with Crippen LogP contribution in [0.4, 0.5) is 10.5 Å². The predicted molar refractivity (Wildman–Crippen MR) is 82.6 cm³/mol. The van der Waals surface area contributed by atoms with Crippen LogP contribution in [0.5, 0.6) is 0 Å². The second-order valence-corrected chi connectivity index (χ2v) is 7.61. The topological polar surface area (TPSA) is 50.2 Å². The van der Waals surface area contributed by atoms with Crippen molar-refractivity contribution in [2.45, 2.75) is 20.4 Å². The van der Waals surface area contributed by atoms with E-state index in [4.69, 9.17) is 0 Å². The lowest BCUT2D eigenvalue weighted by molar-refractivity contribution is 0.218. The summed E-state index contributed by atoms with van der Waals surface area (Å²) < 4.78 is 1.87. The zero-order valence-corrected chi connectivity index (χ0v) is 13.0. The van der Waals surface area contributed by atoms with Crippen molar-refractivity contribution in [2.75, 3.05) is 29.9 Å². The van der Waals surface area contributed by atoms with Gasteiger partial charge in [0.2, 0.25) is 0 Å². The largest absolute Gasteiger partial charge is 0.323 e. The highest BCUT2D eigenvalue weighted by Crippen LogP contribution is 2.24. The van der Waals surface area contributed by atoms with E-state index in [1.807, 2.05) is 37.4 Å². The minimum atomic E-state index is -0.0211. The van der Waals surface area contributed by atoms with Crippen LogP contribution in [-0.4, -0.2) is 45.3 Å². The quantitative estimate of drug-likeness (QED) is 0.872. The fourth-order valence-corrected chi connectivity index (χ4v) is 3.81. The first-order valence-electron chi connectivity index (χ1n) is 6.48. The molecule has 19 heavy (non-hydrogen) atoms. The van der Waals surface area contributed by atoms with Gasteiger partial charge in [-0.2, -0.15) is 5.10 Å². The van der Waals surface area contributed by atoms with Crippen molar-refractivity contribution < 1.29 is 4.79 Å². The highest BCUT2D eigenvalue weighted by molar-refractivity contribution is 8.76. The molecule has 1 saturated heterocycles. The van der Waals surface area contributed by atoms with Gasteiger partial charge in [-0.15, -0.1) is 0 Å². The Hall–Kier alpha value is -0.820. The highest BCUT2D eigenvalue weighted by Gasteiger charge is 2.16. The Morgan fingerprint density at radius 3 is 2.74 bits per heavy atom. The summed E-state index contributed by atoms with van der Waals surface area (Å²) in [5.74, 6) is 2.53. The number of carbonyl (C=O) groups excluding carboxylic acids is 1. The third-order valence-corrected chi connectivity index (χ3v) is 5.06. The number of aromatic nitrogens is 2. The molecular formula is C12H20N4OS2. The number of amides is 2. The van der Waals surface area contributed by atoms with Gasteiger partial charge >= 0.3 is 6.03 Å². The fraction of sp³-hybridized carbons (Fsp3) is 0.667. The lowest BCUT2D eigenvalue weighted by Crippen LogP contribution is -2.37. The average molecular weight is 300 g/mol. The summed E-state index contributed by atoms with van der Waals surface area (Å²) in [4.78, 5) is 14.0. The third-order valence-electron chi connectivity index (χ3n) is 2.70. The molecular weight excluding hydrogens is 280 g/mol. The minimum Gasteiger partial charge on any atom is -0.323 e. The lowest BCUT2D eigenvalue weighted by atomic mass is 10.2. The maximum Gasteiger partial charge on any atom is 0.321 e. The molecule has 1 aromatic heterocycles. The second-order valence-electron chi connectivity index (χ2n) is 4.91. The van der Waals surface area contributed by atoms with Crippen LogP contribution in [0.2, 0.25) is 0 Å². The van der Waals surface area contributed by atoms with Gasteiger partial charge in [0, 0.05) is 37.3 Å². The molecule has 0 aromatic carbocycles. The molecule has 1 fully saturated rings. The van der Waals surface area contributed by atoms with E-state index in [1.165, 1.54) is 0 Å². The van der Waals surface area contributed by atoms with Gasteiger partial charge in [-0.3, -0.25) is 4.68 Å². The Morgan fingerprint density at radius 1 is 1.42 bits per heavy atom. The molecule has 0 radical (unpaired) electrons. The molecule has 1 N–H and O–H groups in total. The molecule has 106 valence electrons. The van der Waals surface area contributed by atoms with E-state index >= 15 is 0 Å². The van der Waals surface area contributed by atoms with E-state index in [-0.39, 0.29) is 6.03 Å². The molecule has 0 saturated carbocycles. The molecule has 7 heteroatoms. The number of anilines is 1. The zero-order chi connectivity index (χ0) is 13.7. The van der Waals surface area contributed by atoms with E-state index in [0.29, 0.717) is 5.92 Å². The molecule has 0 spiro atoms. The summed E-state index contributed by atoms with van der Waals surface area (Å²) >= 11 is 0. The SMILES string of the molecule is CC(C)Cn1cc(NC(=O)N2CCSSCC2)cn1. The van der Waals surface area contributed by atoms with Crippen molar-refractivity contribution in [2.24, 2.45) is 5.92 Å². The van der Waals surface area contributed by atoms with E-state index < -0.39 is 0 Å². The summed E-state index contributed by atoms with van der Waals surface area (Å²) in [6.45, 7) is 6.78. The Balaban J connectivity index is 1.88. The number of hydrogen-bond donors (Lipinski definition) is 1. The van der Waals surface area contributed by atoms with Crippen molar-refractivity contribution in [3.8, 4) is 0 Å². The van der Waals surface area contributed by atoms with E-state index in [0.717, 1.165) is 36.8 Å². The molecule has 2 amide bonds. The third kappa shape index (κ3) is 4.65. The molecule has 0 atom stereocenters. The average Bonchev–Trinajstić information content (AvgIpc) is 2.64. The van der Waals surface area contributed by atoms with Crippen molar-refractivity contribution in [1.29, 1.82) is 0 Å². The number of urea groups is 1. The first kappa shape index (κ1) is 14.6. The summed E-state index contributed by atoms with van der Waals surface area (Å²) in [5, 5.41) is 7.17. The standard InChI is InChI=1S/C12H20N4OS2/c1-10(2)8-16-9-11(7-13-16)14-12(17)15-3-5-18-19-6-4-15/h7,9-10H,3-6,8H2,1-2H3,(H,14,17). The summed E-state index contributed by atoms with van der Waals surface area (Å²) in [7, 11) is 3.67. The summed E-state index contributed by atoms with van der Waals surface area (Å²) in [6.07, 6.45) is 3.60. The van der Waals surface area contributed by atoms with Crippen molar-refractivity contribution in [1.82, 2.24) is 14.7 Å². The molecule has 0 bridgehead atoms. The Bertz CT molecular complexity index is 414. The molecule has 2 rings (SSSR count). The molecule has 1 aliphatic rings. The fourth-order valence-electron chi connectivity index (χ4n) is 1.83. The van der Waals surface area contributed by atoms with Crippen LogP contribution >= 0.6 is 21.6 Å². The van der Waals surface area contributed by atoms with E-state index in [9.17, 15) is 4.79 Å². The van der Waals surface area contributed by atoms with Crippen molar-refractivity contribution in [3.63, 3.8) is 0 Å². The number of nitrogens with zero attached hydrogens (tertiary/aromatic N) is 3. The van der Waals surface area contributed by atoms with Gasteiger partial charge in [0.15, 0.2) is 0 Å². The smallest absolute Gasteiger partial charge is 0.321 e. The van der Waals surface area contributed by atoms with Crippen LogP contribution in [0.1, 0.15) is 13.8 Å². The minimum absolute atomic E-state index is 0.0211. The first-order chi connectivity index (χ1) is 9.15. The normalized spacial score (nSPS) is 16.5. The van der Waals surface area contributed by atoms with Crippen LogP contribution in [0.25, 0.3) is 0 Å². The van der Waals surface area contributed by atoms with Crippen LogP contribution in [0.3, 0.4) is 0 Å². The molecule has 2 heterocycles. The zero-order valence-electron chi connectivity index (χ0n) is 11.3. The van der Waals surface area contributed by atoms with Gasteiger partial charge in [0.1, 0.15) is 0 Å². The predicted octanol–water partition coefficient (Wildman–Crippen LogP) is 2.77. The van der Waals surface area contributed by atoms with Gasteiger partial charge in [-0.25, -0.2) is 4.79 Å². The first-order valence-corrected chi connectivity index (χ1v) is 8.97. The maximum absolute atomic E-state index is 12.1. The summed E-state index contributed by atoms with van der Waals surface area (Å²) in [5.41, 5.74) is 0.773. The summed E-state index contributed by atoms with van der Waals surface area (Å²) in [6, 6.07) is -0.0211. The monoisotopic (exact) mass is 300 g/mol. The molecule has 0 unspecified atom stereocenters. The van der Waals surface area contributed by atoms with E-state index in [1.54, 1.807) is 6.20 Å². The van der Waals surface area contributed by atoms with Gasteiger partial charge in [-0.1, -0.05) is 35.4 Å². The van der Waals surface area contributed by atoms with Crippen LogP contribution < -0.4 is 5.32 Å².